The van der Waals surface area contributed by atoms with Gasteiger partial charge in [0.15, 0.2) is 0 Å². The van der Waals surface area contributed by atoms with Crippen LogP contribution in [-0.4, -0.2) is 28.5 Å². The molecule has 0 aliphatic heterocycles. The maximum Gasteiger partial charge on any atom is 0.337 e. The number of nitrogens with zero attached hydrogens (tertiary/aromatic N) is 2. The highest BCUT2D eigenvalue weighted by Gasteiger charge is 2.15. The van der Waals surface area contributed by atoms with Crippen LogP contribution < -0.4 is 10.9 Å². The van der Waals surface area contributed by atoms with Crippen LogP contribution in [0.4, 0.5) is 5.69 Å². The number of nitrogens with one attached hydrogen (secondary N) is 1. The maximum atomic E-state index is 12.7. The van der Waals surface area contributed by atoms with Gasteiger partial charge in [-0.1, -0.05) is 18.2 Å². The van der Waals surface area contributed by atoms with Crippen molar-refractivity contribution >= 4 is 39.6 Å². The van der Waals surface area contributed by atoms with Gasteiger partial charge in [-0.05, 0) is 36.8 Å². The first kappa shape index (κ1) is 18.4. The summed E-state index contributed by atoms with van der Waals surface area (Å²) in [6.07, 6.45) is 1.32. The van der Waals surface area contributed by atoms with E-state index in [1.165, 1.54) is 24.1 Å². The van der Waals surface area contributed by atoms with Gasteiger partial charge in [-0.15, -0.1) is 0 Å². The molecule has 0 spiro atoms. The molecular weight excluding hydrogens is 374 g/mol. The summed E-state index contributed by atoms with van der Waals surface area (Å²) in [5.41, 5.74) is 2.23. The molecule has 0 bridgehead atoms. The molecule has 0 radical (unpaired) electrons. The van der Waals surface area contributed by atoms with Gasteiger partial charge in [0, 0.05) is 11.1 Å². The van der Waals surface area contributed by atoms with Crippen LogP contribution in [0.25, 0.3) is 22.1 Å². The van der Waals surface area contributed by atoms with Crippen molar-refractivity contribution in [2.24, 2.45) is 0 Å². The molecule has 1 N–H and O–H groups in total. The third-order valence-electron chi connectivity index (χ3n) is 4.60. The summed E-state index contributed by atoms with van der Waals surface area (Å²) in [7, 11) is 1.29. The van der Waals surface area contributed by atoms with Crippen molar-refractivity contribution in [3.63, 3.8) is 0 Å². The third-order valence-corrected chi connectivity index (χ3v) is 4.60. The number of amides is 1. The van der Waals surface area contributed by atoms with Gasteiger partial charge < -0.3 is 14.5 Å². The Balaban J connectivity index is 1.61. The van der Waals surface area contributed by atoms with Gasteiger partial charge in [-0.2, -0.15) is 0 Å². The molecule has 0 saturated carbocycles. The topological polar surface area (TPSA) is 103 Å². The molecule has 2 aromatic carbocycles. The second-order valence-electron chi connectivity index (χ2n) is 6.52. The van der Waals surface area contributed by atoms with Crippen molar-refractivity contribution in [3.8, 4) is 0 Å². The van der Waals surface area contributed by atoms with Crippen LogP contribution in [0.2, 0.25) is 0 Å². The number of hydrogen-bond donors (Lipinski definition) is 1. The fourth-order valence-electron chi connectivity index (χ4n) is 3.07. The number of benzene rings is 2. The van der Waals surface area contributed by atoms with E-state index in [4.69, 9.17) is 9.15 Å². The first-order valence-electron chi connectivity index (χ1n) is 8.83. The molecule has 8 heteroatoms. The van der Waals surface area contributed by atoms with Crippen LogP contribution in [0, 0.1) is 6.92 Å². The quantitative estimate of drug-likeness (QED) is 0.537. The fourth-order valence-corrected chi connectivity index (χ4v) is 3.07. The van der Waals surface area contributed by atoms with Gasteiger partial charge in [0.25, 0.3) is 5.56 Å². The molecule has 0 aliphatic rings. The number of aryl methyl sites for hydroxylation is 1. The van der Waals surface area contributed by atoms with E-state index < -0.39 is 17.4 Å². The lowest BCUT2D eigenvalue weighted by molar-refractivity contribution is -0.116. The van der Waals surface area contributed by atoms with E-state index in [9.17, 15) is 14.4 Å². The summed E-state index contributed by atoms with van der Waals surface area (Å²) >= 11 is 0. The monoisotopic (exact) mass is 391 g/mol. The fraction of sp³-hybridized carbons (Fsp3) is 0.143. The van der Waals surface area contributed by atoms with Crippen molar-refractivity contribution in [3.05, 3.63) is 70.3 Å². The van der Waals surface area contributed by atoms with E-state index >= 15 is 0 Å². The second kappa shape index (κ2) is 7.23. The lowest BCUT2D eigenvalue weighted by atomic mass is 10.1. The number of rotatable bonds is 4. The lowest BCUT2D eigenvalue weighted by Crippen LogP contribution is -2.27. The average Bonchev–Trinajstić information content (AvgIpc) is 3.10. The summed E-state index contributed by atoms with van der Waals surface area (Å²) in [6.45, 7) is 1.55. The highest BCUT2D eigenvalue weighted by molar-refractivity contribution is 6.02. The Morgan fingerprint density at radius 3 is 2.79 bits per heavy atom. The van der Waals surface area contributed by atoms with Gasteiger partial charge in [0.1, 0.15) is 17.6 Å². The van der Waals surface area contributed by atoms with Crippen LogP contribution in [0.3, 0.4) is 0 Å². The minimum absolute atomic E-state index is 0.102. The molecule has 0 unspecified atom stereocenters. The van der Waals surface area contributed by atoms with Crippen LogP contribution in [0.5, 0.6) is 0 Å². The maximum absolute atomic E-state index is 12.7. The number of furan rings is 1. The van der Waals surface area contributed by atoms with Gasteiger partial charge in [0.2, 0.25) is 11.5 Å². The SMILES string of the molecule is COC(=O)c1ccc(C)c(NC(=O)Cn2cnc3c(oc4ccccc43)c2=O)c1. The van der Waals surface area contributed by atoms with Gasteiger partial charge >= 0.3 is 5.97 Å². The summed E-state index contributed by atoms with van der Waals surface area (Å²) in [6, 6.07) is 12.1. The molecular formula is C21H17N3O5. The van der Waals surface area contributed by atoms with E-state index in [1.54, 1.807) is 25.1 Å². The number of methoxy groups -OCH3 is 1. The molecule has 1 amide bonds. The number of para-hydroxylation sites is 1. The van der Waals surface area contributed by atoms with E-state index in [0.29, 0.717) is 22.4 Å². The minimum Gasteiger partial charge on any atom is -0.465 e. The van der Waals surface area contributed by atoms with Crippen molar-refractivity contribution in [1.82, 2.24) is 9.55 Å². The van der Waals surface area contributed by atoms with Crippen molar-refractivity contribution in [2.75, 3.05) is 12.4 Å². The highest BCUT2D eigenvalue weighted by Crippen LogP contribution is 2.24. The molecule has 2 heterocycles. The zero-order valence-corrected chi connectivity index (χ0v) is 15.8. The lowest BCUT2D eigenvalue weighted by Gasteiger charge is -2.11. The van der Waals surface area contributed by atoms with E-state index in [0.717, 1.165) is 10.9 Å². The summed E-state index contributed by atoms with van der Waals surface area (Å²) in [5.74, 6) is -0.939. The number of carbonyl (C=O) groups is 2. The van der Waals surface area contributed by atoms with Crippen LogP contribution in [0.15, 0.2) is 58.0 Å². The summed E-state index contributed by atoms with van der Waals surface area (Å²) in [4.78, 5) is 41.2. The Labute approximate surface area is 164 Å². The molecule has 8 nitrogen and oxygen atoms in total. The Bertz CT molecular complexity index is 1320. The number of anilines is 1. The largest absolute Gasteiger partial charge is 0.465 e. The highest BCUT2D eigenvalue weighted by atomic mass is 16.5. The van der Waals surface area contributed by atoms with Crippen molar-refractivity contribution in [2.45, 2.75) is 13.5 Å². The van der Waals surface area contributed by atoms with Crippen molar-refractivity contribution < 1.29 is 18.7 Å². The number of ether oxygens (including phenoxy) is 1. The van der Waals surface area contributed by atoms with Gasteiger partial charge in [0.05, 0.1) is 19.0 Å². The Morgan fingerprint density at radius 1 is 1.21 bits per heavy atom. The predicted octanol–water partition coefficient (Wildman–Crippen LogP) is 2.88. The standard InChI is InChI=1S/C21H17N3O5/c1-12-7-8-13(21(27)28-2)9-15(12)23-17(25)10-24-11-22-18-14-5-3-4-6-16(14)29-19(18)20(24)26/h3-9,11H,10H2,1-2H3,(H,23,25). The zero-order valence-electron chi connectivity index (χ0n) is 15.8. The molecule has 0 fully saturated rings. The Hall–Kier alpha value is -3.94. The van der Waals surface area contributed by atoms with E-state index in [-0.39, 0.29) is 12.1 Å². The Kier molecular flexibility index (Phi) is 4.59. The predicted molar refractivity (Wildman–Crippen MR) is 107 cm³/mol. The number of fused-ring (bicyclic) bond motifs is 3. The Morgan fingerprint density at radius 2 is 2.00 bits per heavy atom. The number of esters is 1. The second-order valence-corrected chi connectivity index (χ2v) is 6.52. The number of carbonyl (C=O) groups excluding carboxylic acids is 2. The van der Waals surface area contributed by atoms with Crippen LogP contribution >= 0.6 is 0 Å². The smallest absolute Gasteiger partial charge is 0.337 e. The number of aromatic nitrogens is 2. The number of hydrogen-bond acceptors (Lipinski definition) is 6. The van der Waals surface area contributed by atoms with Crippen LogP contribution in [0.1, 0.15) is 15.9 Å². The molecule has 2 aromatic heterocycles. The van der Waals surface area contributed by atoms with Gasteiger partial charge in [-0.3, -0.25) is 14.2 Å². The molecule has 0 aliphatic carbocycles. The summed E-state index contributed by atoms with van der Waals surface area (Å²) < 4.78 is 11.5. The first-order chi connectivity index (χ1) is 14.0. The van der Waals surface area contributed by atoms with E-state index in [1.807, 2.05) is 18.2 Å². The van der Waals surface area contributed by atoms with Crippen LogP contribution in [-0.2, 0) is 16.1 Å². The summed E-state index contributed by atoms with van der Waals surface area (Å²) in [5, 5.41) is 3.46. The average molecular weight is 391 g/mol. The minimum atomic E-state index is -0.503. The molecule has 4 rings (SSSR count). The van der Waals surface area contributed by atoms with E-state index in [2.05, 4.69) is 10.3 Å². The molecule has 0 atom stereocenters. The van der Waals surface area contributed by atoms with Crippen molar-refractivity contribution in [1.29, 1.82) is 0 Å². The molecule has 0 saturated heterocycles. The van der Waals surface area contributed by atoms with Gasteiger partial charge in [-0.25, -0.2) is 9.78 Å². The molecule has 146 valence electrons. The molecule has 4 aromatic rings. The third kappa shape index (κ3) is 3.36. The normalized spacial score (nSPS) is 11.0. The molecule has 29 heavy (non-hydrogen) atoms. The first-order valence-corrected chi connectivity index (χ1v) is 8.83. The zero-order chi connectivity index (χ0) is 20.5.